The first-order valence-corrected chi connectivity index (χ1v) is 12.8. The van der Waals surface area contributed by atoms with Crippen molar-refractivity contribution in [2.45, 2.75) is 32.0 Å². The number of aromatic amines is 1. The van der Waals surface area contributed by atoms with Crippen LogP contribution in [0.1, 0.15) is 18.3 Å². The number of H-pyrrole nitrogens is 1. The molecule has 35 heavy (non-hydrogen) atoms. The Kier molecular flexibility index (Phi) is 6.75. The van der Waals surface area contributed by atoms with Crippen molar-refractivity contribution >= 4 is 26.7 Å². The number of hydrogen-bond donors (Lipinski definition) is 2. The number of anilines is 1. The van der Waals surface area contributed by atoms with Crippen molar-refractivity contribution in [2.75, 3.05) is 11.0 Å². The molecule has 1 unspecified atom stereocenters. The largest absolute Gasteiger partial charge is 0.481 e. The maximum Gasteiger partial charge on any atom is 0.425 e. The van der Waals surface area contributed by atoms with Gasteiger partial charge in [-0.2, -0.15) is 13.2 Å². The molecule has 0 saturated carbocycles. The van der Waals surface area contributed by atoms with Crippen LogP contribution in [0.2, 0.25) is 0 Å². The van der Waals surface area contributed by atoms with Crippen LogP contribution in [0.3, 0.4) is 0 Å². The Morgan fingerprint density at radius 2 is 1.74 bits per heavy atom. The molecule has 0 radical (unpaired) electrons. The molecule has 6 nitrogen and oxygen atoms in total. The number of imidazole rings is 1. The number of nitrogens with one attached hydrogen (secondary N) is 2. The van der Waals surface area contributed by atoms with Crippen LogP contribution in [0.25, 0.3) is 22.2 Å². The van der Waals surface area contributed by atoms with E-state index in [2.05, 4.69) is 14.7 Å². The fourth-order valence-corrected chi connectivity index (χ4v) is 4.22. The lowest BCUT2D eigenvalue weighted by Gasteiger charge is -2.17. The molecule has 1 atom stereocenters. The monoisotopic (exact) mass is 503 g/mol. The molecule has 2 N–H and O–H groups in total. The van der Waals surface area contributed by atoms with Crippen LogP contribution in [0.4, 0.5) is 18.9 Å². The first kappa shape index (κ1) is 24.6. The van der Waals surface area contributed by atoms with Crippen LogP contribution in [0, 0.1) is 0 Å². The Balaban J connectivity index is 1.46. The zero-order valence-corrected chi connectivity index (χ0v) is 19.9. The van der Waals surface area contributed by atoms with E-state index in [1.54, 1.807) is 24.3 Å². The van der Waals surface area contributed by atoms with E-state index in [9.17, 15) is 21.6 Å². The molecule has 3 aromatic carbocycles. The molecule has 0 aliphatic heterocycles. The molecule has 4 rings (SSSR count). The topological polar surface area (TPSA) is 84.1 Å². The first-order chi connectivity index (χ1) is 16.5. The molecule has 10 heteroatoms. The van der Waals surface area contributed by atoms with Crippen LogP contribution in [-0.2, 0) is 22.9 Å². The van der Waals surface area contributed by atoms with Gasteiger partial charge in [0.05, 0.1) is 23.0 Å². The SMILES string of the molecule is CC(Oc1ccc(CCc2nc3ccc(-c4ccccc4NS(C)(=O)=O)cc3[nH]2)cc1)C(F)(F)F. The molecule has 0 spiro atoms. The third-order valence-corrected chi connectivity index (χ3v) is 6.00. The fourth-order valence-electron chi connectivity index (χ4n) is 3.64. The predicted octanol–water partition coefficient (Wildman–Crippen LogP) is 5.72. The van der Waals surface area contributed by atoms with E-state index < -0.39 is 22.3 Å². The Bertz CT molecular complexity index is 1430. The Morgan fingerprint density at radius 3 is 2.43 bits per heavy atom. The molecule has 4 aromatic rings. The van der Waals surface area contributed by atoms with Gasteiger partial charge in [0.25, 0.3) is 0 Å². The summed E-state index contributed by atoms with van der Waals surface area (Å²) in [4.78, 5) is 7.91. The summed E-state index contributed by atoms with van der Waals surface area (Å²) < 4.78 is 68.9. The number of aromatic nitrogens is 2. The summed E-state index contributed by atoms with van der Waals surface area (Å²) in [5.41, 5.74) is 4.62. The standard InChI is InChI=1S/C25H24F3N3O3S/c1-16(25(26,27)28)34-19-11-7-17(8-12-19)9-14-24-29-22-13-10-18(15-23(22)30-24)20-5-3-4-6-21(20)31-35(2,32)33/h3-8,10-13,15-16,31H,9,14H2,1-2H3,(H,29,30). The fraction of sp³-hybridized carbons (Fsp3) is 0.240. The quantitative estimate of drug-likeness (QED) is 0.322. The average molecular weight is 504 g/mol. The zero-order valence-electron chi connectivity index (χ0n) is 19.1. The van der Waals surface area contributed by atoms with Crippen molar-refractivity contribution in [3.8, 4) is 16.9 Å². The summed E-state index contributed by atoms with van der Waals surface area (Å²) >= 11 is 0. The molecule has 1 aromatic heterocycles. The minimum Gasteiger partial charge on any atom is -0.481 e. The number of fused-ring (bicyclic) bond motifs is 1. The van der Waals surface area contributed by atoms with Gasteiger partial charge in [-0.05, 0) is 54.8 Å². The van der Waals surface area contributed by atoms with E-state index in [1.165, 1.54) is 12.1 Å². The van der Waals surface area contributed by atoms with Crippen LogP contribution in [0.5, 0.6) is 5.75 Å². The summed E-state index contributed by atoms with van der Waals surface area (Å²) in [6.45, 7) is 0.974. The molecular formula is C25H24F3N3O3S. The number of hydrogen-bond acceptors (Lipinski definition) is 4. The second-order valence-electron chi connectivity index (χ2n) is 8.28. The van der Waals surface area contributed by atoms with E-state index in [-0.39, 0.29) is 5.75 Å². The maximum atomic E-state index is 12.7. The highest BCUT2D eigenvalue weighted by Crippen LogP contribution is 2.30. The summed E-state index contributed by atoms with van der Waals surface area (Å²) in [5, 5.41) is 0. The predicted molar refractivity (Wildman–Crippen MR) is 130 cm³/mol. The highest BCUT2D eigenvalue weighted by atomic mass is 32.2. The number of aryl methyl sites for hydroxylation is 2. The van der Waals surface area contributed by atoms with E-state index >= 15 is 0 Å². The molecule has 0 fully saturated rings. The number of rotatable bonds is 8. The highest BCUT2D eigenvalue weighted by Gasteiger charge is 2.38. The number of ether oxygens (including phenoxy) is 1. The van der Waals surface area contributed by atoms with Crippen molar-refractivity contribution in [1.29, 1.82) is 0 Å². The third kappa shape index (κ3) is 6.33. The lowest BCUT2D eigenvalue weighted by Crippen LogP contribution is -2.31. The molecule has 0 bridgehead atoms. The smallest absolute Gasteiger partial charge is 0.425 e. The molecule has 184 valence electrons. The van der Waals surface area contributed by atoms with Gasteiger partial charge in [-0.15, -0.1) is 0 Å². The minimum absolute atomic E-state index is 0.167. The van der Waals surface area contributed by atoms with Crippen LogP contribution < -0.4 is 9.46 Å². The van der Waals surface area contributed by atoms with Gasteiger partial charge < -0.3 is 9.72 Å². The number of alkyl halides is 3. The van der Waals surface area contributed by atoms with E-state index in [4.69, 9.17) is 4.74 Å². The van der Waals surface area contributed by atoms with Crippen molar-refractivity contribution < 1.29 is 26.3 Å². The van der Waals surface area contributed by atoms with Crippen molar-refractivity contribution in [1.82, 2.24) is 9.97 Å². The lowest BCUT2D eigenvalue weighted by molar-refractivity contribution is -0.189. The molecule has 0 aliphatic rings. The van der Waals surface area contributed by atoms with Crippen LogP contribution in [-0.4, -0.2) is 36.9 Å². The second-order valence-corrected chi connectivity index (χ2v) is 10.0. The summed E-state index contributed by atoms with van der Waals surface area (Å²) in [6, 6.07) is 19.4. The summed E-state index contributed by atoms with van der Waals surface area (Å²) in [6.07, 6.45) is -3.93. The molecule has 0 saturated heterocycles. The van der Waals surface area contributed by atoms with Gasteiger partial charge in [-0.3, -0.25) is 4.72 Å². The van der Waals surface area contributed by atoms with Gasteiger partial charge in [-0.1, -0.05) is 36.4 Å². The van der Waals surface area contributed by atoms with E-state index in [0.29, 0.717) is 18.5 Å². The van der Waals surface area contributed by atoms with Crippen molar-refractivity contribution in [2.24, 2.45) is 0 Å². The lowest BCUT2D eigenvalue weighted by atomic mass is 10.0. The third-order valence-electron chi connectivity index (χ3n) is 5.41. The highest BCUT2D eigenvalue weighted by molar-refractivity contribution is 7.92. The van der Waals surface area contributed by atoms with Gasteiger partial charge in [0, 0.05) is 12.0 Å². The van der Waals surface area contributed by atoms with E-state index in [1.807, 2.05) is 30.3 Å². The van der Waals surface area contributed by atoms with Crippen molar-refractivity contribution in [3.05, 3.63) is 78.1 Å². The Morgan fingerprint density at radius 1 is 1.03 bits per heavy atom. The number of benzene rings is 3. The van der Waals surface area contributed by atoms with Crippen molar-refractivity contribution in [3.63, 3.8) is 0 Å². The van der Waals surface area contributed by atoms with Gasteiger partial charge in [0.2, 0.25) is 10.0 Å². The maximum absolute atomic E-state index is 12.7. The normalized spacial score (nSPS) is 13.1. The number of para-hydroxylation sites is 1. The van der Waals surface area contributed by atoms with Gasteiger partial charge in [-0.25, -0.2) is 13.4 Å². The summed E-state index contributed by atoms with van der Waals surface area (Å²) in [5.74, 6) is 0.936. The van der Waals surface area contributed by atoms with Crippen LogP contribution in [0.15, 0.2) is 66.7 Å². The van der Waals surface area contributed by atoms with Crippen LogP contribution >= 0.6 is 0 Å². The number of halogens is 3. The first-order valence-electron chi connectivity index (χ1n) is 10.9. The zero-order chi connectivity index (χ0) is 25.2. The minimum atomic E-state index is -4.41. The molecule has 0 aliphatic carbocycles. The Hall–Kier alpha value is -3.53. The molecule has 1 heterocycles. The summed E-state index contributed by atoms with van der Waals surface area (Å²) in [7, 11) is -3.42. The van der Waals surface area contributed by atoms with Gasteiger partial charge >= 0.3 is 6.18 Å². The van der Waals surface area contributed by atoms with Gasteiger partial charge in [0.1, 0.15) is 11.6 Å². The number of nitrogens with zero attached hydrogens (tertiary/aromatic N) is 1. The van der Waals surface area contributed by atoms with Gasteiger partial charge in [0.15, 0.2) is 6.10 Å². The van der Waals surface area contributed by atoms with E-state index in [0.717, 1.165) is 46.7 Å². The second kappa shape index (κ2) is 9.61. The number of sulfonamides is 1. The average Bonchev–Trinajstić information content (AvgIpc) is 3.19. The molecular weight excluding hydrogens is 479 g/mol. The molecule has 0 amide bonds. The Labute approximate surface area is 201 Å².